The molecule has 1 unspecified atom stereocenters. The fraction of sp³-hybridized carbons (Fsp3) is 0.562. The molecule has 1 saturated heterocycles. The van der Waals surface area contributed by atoms with Crippen molar-refractivity contribution in [2.75, 3.05) is 34.2 Å². The summed E-state index contributed by atoms with van der Waals surface area (Å²) in [5, 5.41) is 3.43. The molecule has 1 fully saturated rings. The number of hydrogen-bond donors (Lipinski definition) is 1. The smallest absolute Gasteiger partial charge is 0.193 e. The van der Waals surface area contributed by atoms with E-state index in [0.29, 0.717) is 12.6 Å². The third-order valence-electron chi connectivity index (χ3n) is 4.07. The van der Waals surface area contributed by atoms with E-state index >= 15 is 0 Å². The summed E-state index contributed by atoms with van der Waals surface area (Å²) in [6.07, 6.45) is 2.51. The van der Waals surface area contributed by atoms with E-state index in [9.17, 15) is 4.39 Å². The van der Waals surface area contributed by atoms with E-state index in [1.165, 1.54) is 31.5 Å². The minimum Gasteiger partial charge on any atom is -0.355 e. The van der Waals surface area contributed by atoms with Gasteiger partial charge in [0.1, 0.15) is 5.82 Å². The zero-order valence-electron chi connectivity index (χ0n) is 13.6. The number of halogens is 2. The van der Waals surface area contributed by atoms with Crippen LogP contribution < -0.4 is 5.32 Å². The lowest BCUT2D eigenvalue weighted by Crippen LogP contribution is -2.44. The lowest BCUT2D eigenvalue weighted by Gasteiger charge is -2.25. The molecule has 4 nitrogen and oxygen atoms in total. The van der Waals surface area contributed by atoms with Gasteiger partial charge in [0.15, 0.2) is 5.96 Å². The molecule has 1 aliphatic heterocycles. The number of likely N-dealkylation sites (N-methyl/N-ethyl adjacent to an activating group) is 1. The van der Waals surface area contributed by atoms with Crippen LogP contribution in [0.1, 0.15) is 18.4 Å². The summed E-state index contributed by atoms with van der Waals surface area (Å²) in [6, 6.07) is 7.19. The highest BCUT2D eigenvalue weighted by Gasteiger charge is 2.21. The fourth-order valence-corrected chi connectivity index (χ4v) is 2.77. The number of nitrogens with one attached hydrogen (secondary N) is 1. The molecule has 0 saturated carbocycles. The van der Waals surface area contributed by atoms with E-state index in [-0.39, 0.29) is 29.8 Å². The summed E-state index contributed by atoms with van der Waals surface area (Å²) in [4.78, 5) is 8.77. The number of rotatable bonds is 4. The van der Waals surface area contributed by atoms with Gasteiger partial charge in [-0.15, -0.1) is 24.0 Å². The third kappa shape index (κ3) is 5.39. The maximum Gasteiger partial charge on any atom is 0.193 e. The molecular formula is C16H26FIN4. The Morgan fingerprint density at radius 1 is 1.41 bits per heavy atom. The monoisotopic (exact) mass is 420 g/mol. The average Bonchev–Trinajstić information content (AvgIpc) is 2.88. The molecule has 0 amide bonds. The van der Waals surface area contributed by atoms with Crippen molar-refractivity contribution in [1.82, 2.24) is 15.1 Å². The van der Waals surface area contributed by atoms with E-state index in [4.69, 9.17) is 0 Å². The maximum atomic E-state index is 12.9. The topological polar surface area (TPSA) is 30.9 Å². The van der Waals surface area contributed by atoms with Crippen molar-refractivity contribution >= 4 is 29.9 Å². The molecule has 1 aromatic rings. The van der Waals surface area contributed by atoms with Crippen molar-refractivity contribution in [2.24, 2.45) is 4.99 Å². The molecule has 124 valence electrons. The standard InChI is InChI=1S/C16H25FN4.HI/c1-18-16(19-11-15-5-4-10-20(15)2)21(3)12-13-6-8-14(17)9-7-13;/h6-9,15H,4-5,10-12H2,1-3H3,(H,18,19);1H. The van der Waals surface area contributed by atoms with Crippen LogP contribution in [0.2, 0.25) is 0 Å². The first-order chi connectivity index (χ1) is 10.1. The zero-order chi connectivity index (χ0) is 15.2. The van der Waals surface area contributed by atoms with Crippen molar-refractivity contribution in [1.29, 1.82) is 0 Å². The Labute approximate surface area is 149 Å². The number of likely N-dealkylation sites (tertiary alicyclic amines) is 1. The van der Waals surface area contributed by atoms with Crippen LogP contribution in [0, 0.1) is 5.82 Å². The van der Waals surface area contributed by atoms with Crippen LogP contribution in [0.4, 0.5) is 4.39 Å². The zero-order valence-corrected chi connectivity index (χ0v) is 15.9. The van der Waals surface area contributed by atoms with Gasteiger partial charge in [-0.3, -0.25) is 4.99 Å². The molecule has 0 bridgehead atoms. The van der Waals surface area contributed by atoms with Crippen molar-refractivity contribution in [3.63, 3.8) is 0 Å². The Bertz CT molecular complexity index is 478. The molecule has 0 aromatic heterocycles. The quantitative estimate of drug-likeness (QED) is 0.462. The van der Waals surface area contributed by atoms with Crippen LogP contribution in [0.5, 0.6) is 0 Å². The largest absolute Gasteiger partial charge is 0.355 e. The predicted octanol–water partition coefficient (Wildman–Crippen LogP) is 2.55. The number of benzene rings is 1. The first-order valence-electron chi connectivity index (χ1n) is 7.46. The van der Waals surface area contributed by atoms with E-state index in [1.807, 2.05) is 19.2 Å². The summed E-state index contributed by atoms with van der Waals surface area (Å²) in [5.74, 6) is 0.674. The van der Waals surface area contributed by atoms with Gasteiger partial charge in [0.25, 0.3) is 0 Å². The van der Waals surface area contributed by atoms with E-state index in [1.54, 1.807) is 7.05 Å². The second-order valence-corrected chi connectivity index (χ2v) is 5.69. The molecule has 22 heavy (non-hydrogen) atoms. The average molecular weight is 420 g/mol. The normalized spacial score (nSPS) is 18.9. The number of guanidine groups is 1. The highest BCUT2D eigenvalue weighted by atomic mass is 127. The predicted molar refractivity (Wildman–Crippen MR) is 100 cm³/mol. The maximum absolute atomic E-state index is 12.9. The Morgan fingerprint density at radius 3 is 2.64 bits per heavy atom. The number of nitrogens with zero attached hydrogens (tertiary/aromatic N) is 3. The van der Waals surface area contributed by atoms with Gasteiger partial charge in [-0.05, 0) is 44.1 Å². The van der Waals surface area contributed by atoms with Gasteiger partial charge < -0.3 is 15.1 Å². The van der Waals surface area contributed by atoms with Gasteiger partial charge in [-0.2, -0.15) is 0 Å². The molecule has 2 rings (SSSR count). The SMILES string of the molecule is CN=C(NCC1CCCN1C)N(C)Cc1ccc(F)cc1.I. The minimum absolute atomic E-state index is 0. The Morgan fingerprint density at radius 2 is 2.09 bits per heavy atom. The van der Waals surface area contributed by atoms with Gasteiger partial charge in [0.2, 0.25) is 0 Å². The fourth-order valence-electron chi connectivity index (χ4n) is 2.77. The van der Waals surface area contributed by atoms with Crippen LogP contribution >= 0.6 is 24.0 Å². The van der Waals surface area contributed by atoms with Crippen LogP contribution in [-0.2, 0) is 6.54 Å². The third-order valence-corrected chi connectivity index (χ3v) is 4.07. The second kappa shape index (κ2) is 9.29. The summed E-state index contributed by atoms with van der Waals surface area (Å²) in [6.45, 7) is 2.80. The highest BCUT2D eigenvalue weighted by molar-refractivity contribution is 14.0. The van der Waals surface area contributed by atoms with Gasteiger partial charge >= 0.3 is 0 Å². The molecule has 0 spiro atoms. The van der Waals surface area contributed by atoms with Crippen LogP contribution in [-0.4, -0.2) is 56.0 Å². The van der Waals surface area contributed by atoms with Crippen molar-refractivity contribution in [2.45, 2.75) is 25.4 Å². The van der Waals surface area contributed by atoms with Crippen molar-refractivity contribution in [3.8, 4) is 0 Å². The van der Waals surface area contributed by atoms with E-state index in [0.717, 1.165) is 18.1 Å². The summed E-state index contributed by atoms with van der Waals surface area (Å²) >= 11 is 0. The summed E-state index contributed by atoms with van der Waals surface area (Å²) in [7, 11) is 5.96. The first kappa shape index (κ1) is 19.2. The van der Waals surface area contributed by atoms with Gasteiger partial charge in [0.05, 0.1) is 0 Å². The van der Waals surface area contributed by atoms with Gasteiger partial charge in [-0.1, -0.05) is 12.1 Å². The van der Waals surface area contributed by atoms with Crippen LogP contribution in [0.3, 0.4) is 0 Å². The Kier molecular flexibility index (Phi) is 8.09. The molecule has 1 heterocycles. The van der Waals surface area contributed by atoms with Crippen molar-refractivity contribution in [3.05, 3.63) is 35.6 Å². The van der Waals surface area contributed by atoms with Gasteiger partial charge in [-0.25, -0.2) is 4.39 Å². The number of hydrogen-bond acceptors (Lipinski definition) is 2. The first-order valence-corrected chi connectivity index (χ1v) is 7.46. The molecule has 1 aliphatic rings. The molecule has 6 heteroatoms. The lowest BCUT2D eigenvalue weighted by molar-refractivity contribution is 0.306. The molecule has 1 N–H and O–H groups in total. The summed E-state index contributed by atoms with van der Waals surface area (Å²) in [5.41, 5.74) is 1.07. The molecule has 1 aromatic carbocycles. The molecular weight excluding hydrogens is 394 g/mol. The highest BCUT2D eigenvalue weighted by Crippen LogP contribution is 2.13. The molecule has 0 radical (unpaired) electrons. The molecule has 1 atom stereocenters. The Balaban J connectivity index is 0.00000242. The van der Waals surface area contributed by atoms with E-state index in [2.05, 4.69) is 27.2 Å². The van der Waals surface area contributed by atoms with E-state index < -0.39 is 0 Å². The molecule has 0 aliphatic carbocycles. The van der Waals surface area contributed by atoms with Crippen molar-refractivity contribution < 1.29 is 4.39 Å². The summed E-state index contributed by atoms with van der Waals surface area (Å²) < 4.78 is 12.9. The second-order valence-electron chi connectivity index (χ2n) is 5.69. The number of aliphatic imine (C=N–C) groups is 1. The lowest BCUT2D eigenvalue weighted by atomic mass is 10.2. The van der Waals surface area contributed by atoms with Crippen LogP contribution in [0.15, 0.2) is 29.3 Å². The Hall–Kier alpha value is -0.890. The minimum atomic E-state index is -0.201. The van der Waals surface area contributed by atoms with Gasteiger partial charge in [0, 0.05) is 33.2 Å². The van der Waals surface area contributed by atoms with Crippen LogP contribution in [0.25, 0.3) is 0 Å².